The molecule has 2 heterocycles. The first kappa shape index (κ1) is 23.4. The van der Waals surface area contributed by atoms with E-state index in [-0.39, 0.29) is 17.5 Å². The summed E-state index contributed by atoms with van der Waals surface area (Å²) in [6, 6.07) is 3.48. The van der Waals surface area contributed by atoms with Crippen LogP contribution in [0.25, 0.3) is 0 Å². The van der Waals surface area contributed by atoms with Crippen LogP contribution in [0.15, 0.2) is 28.1 Å². The molecular weight excluding hydrogens is 462 g/mol. The molecule has 11 heteroatoms. The summed E-state index contributed by atoms with van der Waals surface area (Å²) in [5.41, 5.74) is 3.29. The molecule has 1 aromatic heterocycles. The number of aromatic nitrogens is 1. The molecule has 0 bridgehead atoms. The Morgan fingerprint density at radius 1 is 1.23 bits per heavy atom. The van der Waals surface area contributed by atoms with Gasteiger partial charge in [-0.15, -0.1) is 23.4 Å². The summed E-state index contributed by atoms with van der Waals surface area (Å²) in [6.45, 7) is 6.98. The van der Waals surface area contributed by atoms with Crippen molar-refractivity contribution >= 4 is 56.6 Å². The molecular formula is C20H22ClN3O5S2. The van der Waals surface area contributed by atoms with Crippen LogP contribution in [0.5, 0.6) is 0 Å². The Balaban J connectivity index is 1.86. The number of carbonyl (C=O) groups excluding carboxylic acids is 2. The zero-order valence-electron chi connectivity index (χ0n) is 17.4. The number of hydrogen-bond donors (Lipinski definition) is 2. The minimum atomic E-state index is -4.00. The van der Waals surface area contributed by atoms with E-state index in [4.69, 9.17) is 16.1 Å². The zero-order chi connectivity index (χ0) is 22.9. The number of halogens is 1. The van der Waals surface area contributed by atoms with Crippen molar-refractivity contribution in [2.24, 2.45) is 0 Å². The fourth-order valence-corrected chi connectivity index (χ4v) is 6.24. The van der Waals surface area contributed by atoms with Gasteiger partial charge < -0.3 is 9.84 Å². The highest BCUT2D eigenvalue weighted by atomic mass is 35.5. The lowest BCUT2D eigenvalue weighted by atomic mass is 10.0. The van der Waals surface area contributed by atoms with Crippen molar-refractivity contribution in [3.8, 4) is 0 Å². The fraction of sp³-hybridized carbons (Fsp3) is 0.350. The number of thioether (sulfide) groups is 1. The summed E-state index contributed by atoms with van der Waals surface area (Å²) < 4.78 is 33.3. The van der Waals surface area contributed by atoms with Crippen LogP contribution in [0.4, 0.5) is 11.6 Å². The lowest BCUT2D eigenvalue weighted by molar-refractivity contribution is -0.115. The SMILES string of the molecule is Cc1cc(C)c(NC(=O)C2SC=CC2S(=O)(=O)Nc2onc(C)c2C)c(C(=O)CCl)c1. The maximum atomic E-state index is 13.1. The number of anilines is 2. The van der Waals surface area contributed by atoms with Crippen LogP contribution in [-0.4, -0.2) is 41.6 Å². The van der Waals surface area contributed by atoms with Gasteiger partial charge in [0, 0.05) is 11.1 Å². The highest BCUT2D eigenvalue weighted by Gasteiger charge is 2.40. The molecule has 3 rings (SSSR count). The molecule has 0 aliphatic carbocycles. The average molecular weight is 484 g/mol. The average Bonchev–Trinajstić information content (AvgIpc) is 3.32. The third kappa shape index (κ3) is 4.81. The van der Waals surface area contributed by atoms with Gasteiger partial charge in [-0.2, -0.15) is 0 Å². The third-order valence-corrected chi connectivity index (χ3v) is 8.10. The molecule has 0 saturated carbocycles. The molecule has 2 atom stereocenters. The zero-order valence-corrected chi connectivity index (χ0v) is 19.7. The number of alkyl halides is 1. The Kier molecular flexibility index (Phi) is 6.82. The number of nitrogens with zero attached hydrogens (tertiary/aromatic N) is 1. The van der Waals surface area contributed by atoms with Gasteiger partial charge >= 0.3 is 0 Å². The van der Waals surface area contributed by atoms with E-state index in [9.17, 15) is 18.0 Å². The molecule has 31 heavy (non-hydrogen) atoms. The number of rotatable bonds is 7. The van der Waals surface area contributed by atoms with E-state index >= 15 is 0 Å². The molecule has 0 radical (unpaired) electrons. The monoisotopic (exact) mass is 483 g/mol. The van der Waals surface area contributed by atoms with Gasteiger partial charge in [-0.1, -0.05) is 17.3 Å². The van der Waals surface area contributed by atoms with Crippen molar-refractivity contribution in [3.05, 3.63) is 51.6 Å². The van der Waals surface area contributed by atoms with E-state index < -0.39 is 26.4 Å². The molecule has 2 unspecified atom stereocenters. The summed E-state index contributed by atoms with van der Waals surface area (Å²) in [4.78, 5) is 25.3. The van der Waals surface area contributed by atoms with Gasteiger partial charge in [0.15, 0.2) is 5.78 Å². The van der Waals surface area contributed by atoms with Crippen LogP contribution in [0.2, 0.25) is 0 Å². The van der Waals surface area contributed by atoms with Gasteiger partial charge in [0.2, 0.25) is 21.8 Å². The van der Waals surface area contributed by atoms with Crippen molar-refractivity contribution in [1.29, 1.82) is 0 Å². The highest BCUT2D eigenvalue weighted by Crippen LogP contribution is 2.33. The van der Waals surface area contributed by atoms with Gasteiger partial charge in [-0.05, 0) is 50.3 Å². The van der Waals surface area contributed by atoms with E-state index in [1.54, 1.807) is 32.2 Å². The second-order valence-corrected chi connectivity index (χ2v) is 10.4. The summed E-state index contributed by atoms with van der Waals surface area (Å²) in [5, 5.41) is 5.95. The molecule has 1 aromatic carbocycles. The molecule has 0 saturated heterocycles. The standard InChI is InChI=1S/C20H22ClN3O5S2/c1-10-7-11(2)17(14(8-10)15(25)9-21)22-19(26)18-16(5-6-30-18)31(27,28)24-20-12(3)13(4)23-29-20/h5-8,16,18,24H,9H2,1-4H3,(H,22,26). The van der Waals surface area contributed by atoms with Gasteiger partial charge in [0.05, 0.1) is 17.3 Å². The minimum absolute atomic E-state index is 0.0198. The molecule has 1 amide bonds. The van der Waals surface area contributed by atoms with Crippen LogP contribution in [0, 0.1) is 27.7 Å². The molecule has 8 nitrogen and oxygen atoms in total. The quantitative estimate of drug-likeness (QED) is 0.455. The Morgan fingerprint density at radius 2 is 1.94 bits per heavy atom. The predicted molar refractivity (Wildman–Crippen MR) is 122 cm³/mol. The molecule has 2 N–H and O–H groups in total. The van der Waals surface area contributed by atoms with Crippen molar-refractivity contribution in [2.75, 3.05) is 15.9 Å². The van der Waals surface area contributed by atoms with Crippen molar-refractivity contribution in [3.63, 3.8) is 0 Å². The van der Waals surface area contributed by atoms with Gasteiger partial charge in [0.1, 0.15) is 10.5 Å². The third-order valence-electron chi connectivity index (χ3n) is 4.95. The summed E-state index contributed by atoms with van der Waals surface area (Å²) in [6.07, 6.45) is 1.45. The first-order valence-electron chi connectivity index (χ1n) is 9.33. The van der Waals surface area contributed by atoms with E-state index in [0.29, 0.717) is 28.1 Å². The number of amides is 1. The largest absolute Gasteiger partial charge is 0.337 e. The maximum Gasteiger partial charge on any atom is 0.243 e. The summed E-state index contributed by atoms with van der Waals surface area (Å²) >= 11 is 6.81. The molecule has 2 aromatic rings. The number of ketones is 1. The number of sulfonamides is 1. The molecule has 1 aliphatic heterocycles. The Hall–Kier alpha value is -2.30. The normalized spacial score (nSPS) is 18.2. The van der Waals surface area contributed by atoms with Crippen molar-refractivity contribution in [1.82, 2.24) is 5.16 Å². The van der Waals surface area contributed by atoms with Gasteiger partial charge in [0.25, 0.3) is 0 Å². The van der Waals surface area contributed by atoms with Crippen LogP contribution >= 0.6 is 23.4 Å². The molecule has 166 valence electrons. The summed E-state index contributed by atoms with van der Waals surface area (Å²) in [5.74, 6) is -1.08. The van der Waals surface area contributed by atoms with E-state index in [1.807, 2.05) is 13.0 Å². The smallest absolute Gasteiger partial charge is 0.243 e. The van der Waals surface area contributed by atoms with Crippen LogP contribution in [0.3, 0.4) is 0 Å². The first-order chi connectivity index (χ1) is 14.5. The Labute approximate surface area is 189 Å². The second kappa shape index (κ2) is 9.05. The predicted octanol–water partition coefficient (Wildman–Crippen LogP) is 3.71. The number of hydrogen-bond acceptors (Lipinski definition) is 7. The van der Waals surface area contributed by atoms with E-state index in [2.05, 4.69) is 15.2 Å². The Morgan fingerprint density at radius 3 is 2.55 bits per heavy atom. The number of benzene rings is 1. The highest BCUT2D eigenvalue weighted by molar-refractivity contribution is 8.05. The topological polar surface area (TPSA) is 118 Å². The molecule has 0 spiro atoms. The summed E-state index contributed by atoms with van der Waals surface area (Å²) in [7, 11) is -4.00. The fourth-order valence-electron chi connectivity index (χ4n) is 3.19. The van der Waals surface area contributed by atoms with Crippen molar-refractivity contribution < 1.29 is 22.5 Å². The lowest BCUT2D eigenvalue weighted by Gasteiger charge is -2.20. The number of nitrogens with one attached hydrogen (secondary N) is 2. The lowest BCUT2D eigenvalue weighted by Crippen LogP contribution is -2.40. The van der Waals surface area contributed by atoms with Crippen LogP contribution < -0.4 is 10.0 Å². The molecule has 0 fully saturated rings. The number of carbonyl (C=O) groups is 2. The second-order valence-electron chi connectivity index (χ2n) is 7.27. The number of aryl methyl sites for hydroxylation is 3. The van der Waals surface area contributed by atoms with Crippen molar-refractivity contribution in [2.45, 2.75) is 38.2 Å². The van der Waals surface area contributed by atoms with E-state index in [1.165, 1.54) is 6.08 Å². The Bertz CT molecular complexity index is 1170. The van der Waals surface area contributed by atoms with Crippen LogP contribution in [0.1, 0.15) is 32.7 Å². The first-order valence-corrected chi connectivity index (χ1v) is 12.4. The minimum Gasteiger partial charge on any atom is -0.337 e. The number of Topliss-reactive ketones (excluding diaryl/α,β-unsaturated/α-hetero) is 1. The van der Waals surface area contributed by atoms with Gasteiger partial charge in [-0.3, -0.25) is 14.3 Å². The van der Waals surface area contributed by atoms with Gasteiger partial charge in [-0.25, -0.2) is 8.42 Å². The van der Waals surface area contributed by atoms with Crippen LogP contribution in [-0.2, 0) is 14.8 Å². The molecule has 1 aliphatic rings. The van der Waals surface area contributed by atoms with E-state index in [0.717, 1.165) is 17.3 Å². The maximum absolute atomic E-state index is 13.1.